The number of pyridine rings is 1. The number of nitrogen functional groups attached to an aromatic ring is 2. The third-order valence-electron chi connectivity index (χ3n) is 4.50. The summed E-state index contributed by atoms with van der Waals surface area (Å²) in [5, 5.41) is 23.2. The fourth-order valence-corrected chi connectivity index (χ4v) is 3.38. The van der Waals surface area contributed by atoms with E-state index < -0.39 is 0 Å². The van der Waals surface area contributed by atoms with E-state index >= 15 is 0 Å². The zero-order valence-electron chi connectivity index (χ0n) is 13.7. The molecule has 4 N–H and O–H groups in total. The Morgan fingerprint density at radius 1 is 0.692 bits per heavy atom. The second-order valence-electron chi connectivity index (χ2n) is 5.92. The van der Waals surface area contributed by atoms with Gasteiger partial charge in [0.05, 0.1) is 0 Å². The Morgan fingerprint density at radius 2 is 1.15 bits per heavy atom. The maximum Gasteiger partial charge on any atom is 0.144 e. The zero-order valence-corrected chi connectivity index (χ0v) is 13.7. The van der Waals surface area contributed by atoms with E-state index in [9.17, 15) is 10.5 Å². The maximum atomic E-state index is 9.70. The molecule has 0 spiro atoms. The number of benzene rings is 3. The summed E-state index contributed by atoms with van der Waals surface area (Å²) in [5.41, 5.74) is 13.5. The van der Waals surface area contributed by atoms with Crippen LogP contribution in [0.5, 0.6) is 0 Å². The molecule has 0 saturated heterocycles. The van der Waals surface area contributed by atoms with Crippen molar-refractivity contribution in [2.75, 3.05) is 11.5 Å². The minimum atomic E-state index is 0.0241. The number of nitrogens with two attached hydrogens (primary N) is 2. The van der Waals surface area contributed by atoms with Crippen LogP contribution in [0.25, 0.3) is 32.7 Å². The number of rotatable bonds is 1. The largest absolute Gasteiger partial charge is 0.383 e. The second-order valence-corrected chi connectivity index (χ2v) is 5.92. The predicted octanol–water partition coefficient (Wildman–Crippen LogP) is 3.96. The highest BCUT2D eigenvalue weighted by atomic mass is 14.9. The summed E-state index contributed by atoms with van der Waals surface area (Å²) in [6.07, 6.45) is 0. The van der Waals surface area contributed by atoms with Gasteiger partial charge in [-0.2, -0.15) is 10.5 Å². The molecular weight excluding hydrogens is 322 g/mol. The number of aromatic nitrogens is 1. The molecule has 0 atom stereocenters. The van der Waals surface area contributed by atoms with E-state index in [-0.39, 0.29) is 22.8 Å². The van der Waals surface area contributed by atoms with Gasteiger partial charge >= 0.3 is 0 Å². The average molecular weight is 335 g/mol. The number of nitriles is 2. The summed E-state index contributed by atoms with van der Waals surface area (Å²) >= 11 is 0. The summed E-state index contributed by atoms with van der Waals surface area (Å²) in [4.78, 5) is 3.97. The van der Waals surface area contributed by atoms with Gasteiger partial charge in [-0.15, -0.1) is 0 Å². The van der Waals surface area contributed by atoms with Gasteiger partial charge in [0, 0.05) is 11.1 Å². The molecule has 0 aliphatic heterocycles. The van der Waals surface area contributed by atoms with Crippen LogP contribution >= 0.6 is 0 Å². The molecule has 0 bridgehead atoms. The van der Waals surface area contributed by atoms with E-state index in [1.807, 2.05) is 48.5 Å². The van der Waals surface area contributed by atoms with Gasteiger partial charge in [0.15, 0.2) is 0 Å². The summed E-state index contributed by atoms with van der Waals surface area (Å²) in [7, 11) is 0. The molecule has 0 amide bonds. The lowest BCUT2D eigenvalue weighted by atomic mass is 9.88. The average Bonchev–Trinajstić information content (AvgIpc) is 2.65. The van der Waals surface area contributed by atoms with Crippen LogP contribution in [-0.4, -0.2) is 4.98 Å². The predicted molar refractivity (Wildman–Crippen MR) is 103 cm³/mol. The number of hydrogen-bond acceptors (Lipinski definition) is 5. The SMILES string of the molecule is N#Cc1c(N)nc(N)c(C#N)c1-c1c2ccccc2cc2ccccc12. The number of fused-ring (bicyclic) bond motifs is 2. The van der Waals surface area contributed by atoms with E-state index in [0.29, 0.717) is 5.56 Å². The molecule has 1 aromatic heterocycles. The van der Waals surface area contributed by atoms with Crippen molar-refractivity contribution >= 4 is 33.2 Å². The molecule has 1 heterocycles. The summed E-state index contributed by atoms with van der Waals surface area (Å²) < 4.78 is 0. The van der Waals surface area contributed by atoms with Gasteiger partial charge in [-0.1, -0.05) is 48.5 Å². The molecular formula is C21H13N5. The normalized spacial score (nSPS) is 10.5. The summed E-state index contributed by atoms with van der Waals surface area (Å²) in [6, 6.07) is 22.0. The van der Waals surface area contributed by atoms with Gasteiger partial charge in [-0.3, -0.25) is 0 Å². The first kappa shape index (κ1) is 15.4. The Hall–Kier alpha value is -4.09. The van der Waals surface area contributed by atoms with Gasteiger partial charge in [-0.25, -0.2) is 4.98 Å². The van der Waals surface area contributed by atoms with Crippen LogP contribution in [0.2, 0.25) is 0 Å². The molecule has 0 unspecified atom stereocenters. The molecule has 0 aliphatic rings. The van der Waals surface area contributed by atoms with E-state index in [2.05, 4.69) is 23.2 Å². The van der Waals surface area contributed by atoms with Gasteiger partial charge in [0.2, 0.25) is 0 Å². The Balaban J connectivity index is 2.34. The van der Waals surface area contributed by atoms with Crippen molar-refractivity contribution in [2.45, 2.75) is 0 Å². The zero-order chi connectivity index (χ0) is 18.3. The fourth-order valence-electron chi connectivity index (χ4n) is 3.38. The molecule has 4 aromatic rings. The Bertz CT molecular complexity index is 1180. The van der Waals surface area contributed by atoms with Gasteiger partial charge in [-0.05, 0) is 27.6 Å². The molecule has 0 saturated carbocycles. The lowest BCUT2D eigenvalue weighted by molar-refractivity contribution is 1.30. The van der Waals surface area contributed by atoms with Crippen molar-refractivity contribution in [3.8, 4) is 23.3 Å². The Kier molecular flexibility index (Phi) is 3.42. The quantitative estimate of drug-likeness (QED) is 0.511. The summed E-state index contributed by atoms with van der Waals surface area (Å²) in [5.74, 6) is 0.0482. The molecule has 4 rings (SSSR count). The monoisotopic (exact) mass is 335 g/mol. The van der Waals surface area contributed by atoms with Crippen molar-refractivity contribution in [1.29, 1.82) is 10.5 Å². The molecule has 5 heteroatoms. The third-order valence-corrected chi connectivity index (χ3v) is 4.50. The fraction of sp³-hybridized carbons (Fsp3) is 0. The third kappa shape index (κ3) is 2.12. The van der Waals surface area contributed by atoms with E-state index in [1.54, 1.807) is 0 Å². The molecule has 5 nitrogen and oxygen atoms in total. The minimum absolute atomic E-state index is 0.0241. The van der Waals surface area contributed by atoms with Gasteiger partial charge in [0.1, 0.15) is 34.9 Å². The van der Waals surface area contributed by atoms with Crippen molar-refractivity contribution in [2.24, 2.45) is 0 Å². The molecule has 0 aliphatic carbocycles. The van der Waals surface area contributed by atoms with Gasteiger partial charge < -0.3 is 11.5 Å². The first-order valence-corrected chi connectivity index (χ1v) is 7.95. The van der Waals surface area contributed by atoms with E-state index in [1.165, 1.54) is 0 Å². The lowest BCUT2D eigenvalue weighted by Gasteiger charge is -2.16. The van der Waals surface area contributed by atoms with Crippen LogP contribution in [0.3, 0.4) is 0 Å². The molecule has 3 aromatic carbocycles. The van der Waals surface area contributed by atoms with Gasteiger partial charge in [0.25, 0.3) is 0 Å². The minimum Gasteiger partial charge on any atom is -0.383 e. The summed E-state index contributed by atoms with van der Waals surface area (Å²) in [6.45, 7) is 0. The van der Waals surface area contributed by atoms with Crippen molar-refractivity contribution in [1.82, 2.24) is 4.98 Å². The van der Waals surface area contributed by atoms with Crippen molar-refractivity contribution in [3.05, 3.63) is 65.7 Å². The second kappa shape index (κ2) is 5.77. The van der Waals surface area contributed by atoms with Crippen LogP contribution in [0, 0.1) is 22.7 Å². The topological polar surface area (TPSA) is 113 Å². The number of hydrogen-bond donors (Lipinski definition) is 2. The molecule has 0 fully saturated rings. The van der Waals surface area contributed by atoms with Crippen molar-refractivity contribution < 1.29 is 0 Å². The van der Waals surface area contributed by atoms with Crippen LogP contribution in [0.4, 0.5) is 11.6 Å². The smallest absolute Gasteiger partial charge is 0.144 e. The van der Waals surface area contributed by atoms with E-state index in [0.717, 1.165) is 27.1 Å². The highest BCUT2D eigenvalue weighted by molar-refractivity contribution is 6.14. The molecule has 26 heavy (non-hydrogen) atoms. The number of nitrogens with zero attached hydrogens (tertiary/aromatic N) is 3. The maximum absolute atomic E-state index is 9.70. The Labute approximate surface area is 149 Å². The first-order valence-electron chi connectivity index (χ1n) is 7.95. The highest BCUT2D eigenvalue weighted by Gasteiger charge is 2.22. The van der Waals surface area contributed by atoms with Crippen molar-refractivity contribution in [3.63, 3.8) is 0 Å². The van der Waals surface area contributed by atoms with Crippen LogP contribution in [-0.2, 0) is 0 Å². The lowest BCUT2D eigenvalue weighted by Crippen LogP contribution is -2.06. The van der Waals surface area contributed by atoms with Crippen LogP contribution in [0.1, 0.15) is 11.1 Å². The van der Waals surface area contributed by atoms with E-state index in [4.69, 9.17) is 11.5 Å². The molecule has 0 radical (unpaired) electrons. The molecule has 122 valence electrons. The highest BCUT2D eigenvalue weighted by Crippen LogP contribution is 2.41. The first-order chi connectivity index (χ1) is 12.7. The van der Waals surface area contributed by atoms with Crippen LogP contribution < -0.4 is 11.5 Å². The van der Waals surface area contributed by atoms with Crippen LogP contribution in [0.15, 0.2) is 54.6 Å². The standard InChI is InChI=1S/C21H13N5/c22-10-16-19(17(11-23)21(25)26-20(16)24)18-14-7-3-1-5-12(14)9-13-6-2-4-8-15(13)18/h1-9H,(H4,24,25,26). The Morgan fingerprint density at radius 3 is 1.62 bits per heavy atom. The number of anilines is 2.